The Kier molecular flexibility index (Phi) is 4.14. The number of rotatable bonds is 3. The number of benzene rings is 1. The minimum Gasteiger partial charge on any atom is -0.411 e. The van der Waals surface area contributed by atoms with Crippen molar-refractivity contribution in [3.05, 3.63) is 45.4 Å². The van der Waals surface area contributed by atoms with E-state index in [2.05, 4.69) is 15.5 Å². The molecule has 2 rings (SSSR count). The van der Waals surface area contributed by atoms with Crippen LogP contribution in [0.2, 0.25) is 0 Å². The van der Waals surface area contributed by atoms with Gasteiger partial charge in [-0.25, -0.2) is 4.98 Å². The summed E-state index contributed by atoms with van der Waals surface area (Å²) < 4.78 is 0. The Labute approximate surface area is 121 Å². The standard InChI is InChI=1S/C14H15N3O2S/c1-8(17-19)11-6-4-5-7-12(11)16-14(18)13-9(2)15-10(3)20-13/h4-7,19H,1-3H3,(H,16,18)/b17-8-. The molecule has 2 aromatic rings. The van der Waals surface area contributed by atoms with Crippen molar-refractivity contribution in [3.63, 3.8) is 0 Å². The van der Waals surface area contributed by atoms with Crippen molar-refractivity contribution in [1.29, 1.82) is 0 Å². The van der Waals surface area contributed by atoms with Gasteiger partial charge in [-0.05, 0) is 26.8 Å². The predicted molar refractivity (Wildman–Crippen MR) is 80.0 cm³/mol. The molecule has 0 bridgehead atoms. The van der Waals surface area contributed by atoms with Crippen LogP contribution >= 0.6 is 11.3 Å². The number of anilines is 1. The van der Waals surface area contributed by atoms with E-state index >= 15 is 0 Å². The van der Waals surface area contributed by atoms with Crippen molar-refractivity contribution < 1.29 is 10.0 Å². The monoisotopic (exact) mass is 289 g/mol. The van der Waals surface area contributed by atoms with E-state index in [9.17, 15) is 4.79 Å². The molecule has 0 unspecified atom stereocenters. The zero-order chi connectivity index (χ0) is 14.7. The summed E-state index contributed by atoms with van der Waals surface area (Å²) in [6, 6.07) is 7.19. The molecule has 0 atom stereocenters. The van der Waals surface area contributed by atoms with E-state index in [1.54, 1.807) is 19.1 Å². The van der Waals surface area contributed by atoms with Gasteiger partial charge in [0.2, 0.25) is 0 Å². The highest BCUT2D eigenvalue weighted by Gasteiger charge is 2.15. The number of oxime groups is 1. The van der Waals surface area contributed by atoms with E-state index in [0.717, 1.165) is 10.7 Å². The molecule has 0 aliphatic rings. The highest BCUT2D eigenvalue weighted by molar-refractivity contribution is 7.13. The smallest absolute Gasteiger partial charge is 0.267 e. The molecule has 1 amide bonds. The van der Waals surface area contributed by atoms with E-state index in [1.165, 1.54) is 11.3 Å². The number of carbonyl (C=O) groups excluding carboxylic acids is 1. The Morgan fingerprint density at radius 3 is 2.65 bits per heavy atom. The molecule has 1 aromatic heterocycles. The van der Waals surface area contributed by atoms with Crippen LogP contribution in [0.1, 0.15) is 32.9 Å². The quantitative estimate of drug-likeness (QED) is 0.517. The van der Waals surface area contributed by atoms with E-state index in [0.29, 0.717) is 21.8 Å². The maximum absolute atomic E-state index is 12.3. The molecule has 0 radical (unpaired) electrons. The summed E-state index contributed by atoms with van der Waals surface area (Å²) >= 11 is 1.36. The topological polar surface area (TPSA) is 74.6 Å². The summed E-state index contributed by atoms with van der Waals surface area (Å²) in [4.78, 5) is 17.1. The Hall–Kier alpha value is -2.21. The molecular weight excluding hydrogens is 274 g/mol. The van der Waals surface area contributed by atoms with Crippen molar-refractivity contribution >= 4 is 28.6 Å². The number of nitrogens with zero attached hydrogens (tertiary/aromatic N) is 2. The highest BCUT2D eigenvalue weighted by atomic mass is 32.1. The molecule has 1 heterocycles. The molecule has 20 heavy (non-hydrogen) atoms. The lowest BCUT2D eigenvalue weighted by molar-refractivity contribution is 0.103. The third-order valence-electron chi connectivity index (χ3n) is 2.82. The second-order valence-electron chi connectivity index (χ2n) is 4.33. The van der Waals surface area contributed by atoms with Gasteiger partial charge in [-0.15, -0.1) is 11.3 Å². The van der Waals surface area contributed by atoms with Gasteiger partial charge in [0.15, 0.2) is 0 Å². The van der Waals surface area contributed by atoms with Gasteiger partial charge >= 0.3 is 0 Å². The van der Waals surface area contributed by atoms with Crippen LogP contribution in [-0.2, 0) is 0 Å². The summed E-state index contributed by atoms with van der Waals surface area (Å²) in [5, 5.41) is 15.7. The number of nitrogens with one attached hydrogen (secondary N) is 1. The Morgan fingerprint density at radius 2 is 2.05 bits per heavy atom. The lowest BCUT2D eigenvalue weighted by Gasteiger charge is -2.09. The minimum absolute atomic E-state index is 0.203. The van der Waals surface area contributed by atoms with Crippen molar-refractivity contribution in [2.75, 3.05) is 5.32 Å². The fraction of sp³-hybridized carbons (Fsp3) is 0.214. The van der Waals surface area contributed by atoms with Crippen LogP contribution < -0.4 is 5.32 Å². The second kappa shape index (κ2) is 5.83. The molecule has 5 nitrogen and oxygen atoms in total. The summed E-state index contributed by atoms with van der Waals surface area (Å²) in [6.45, 7) is 5.35. The van der Waals surface area contributed by atoms with Crippen molar-refractivity contribution in [2.24, 2.45) is 5.16 Å². The number of amides is 1. The van der Waals surface area contributed by atoms with Gasteiger partial charge < -0.3 is 10.5 Å². The van der Waals surface area contributed by atoms with Gasteiger partial charge in [0.1, 0.15) is 4.88 Å². The molecule has 0 aliphatic carbocycles. The van der Waals surface area contributed by atoms with Crippen molar-refractivity contribution in [1.82, 2.24) is 4.98 Å². The van der Waals surface area contributed by atoms with E-state index < -0.39 is 0 Å². The number of aryl methyl sites for hydroxylation is 2. The lowest BCUT2D eigenvalue weighted by atomic mass is 10.1. The normalized spacial score (nSPS) is 11.4. The van der Waals surface area contributed by atoms with Gasteiger partial charge in [-0.3, -0.25) is 4.79 Å². The Morgan fingerprint density at radius 1 is 1.35 bits per heavy atom. The van der Waals surface area contributed by atoms with E-state index in [-0.39, 0.29) is 5.91 Å². The molecule has 0 fully saturated rings. The number of thiazole rings is 1. The van der Waals surface area contributed by atoms with E-state index in [4.69, 9.17) is 5.21 Å². The van der Waals surface area contributed by atoms with Crippen LogP contribution in [-0.4, -0.2) is 21.8 Å². The van der Waals surface area contributed by atoms with Crippen LogP contribution in [0.15, 0.2) is 29.4 Å². The van der Waals surface area contributed by atoms with Gasteiger partial charge in [0.05, 0.1) is 22.1 Å². The van der Waals surface area contributed by atoms with E-state index in [1.807, 2.05) is 26.0 Å². The van der Waals surface area contributed by atoms with Crippen molar-refractivity contribution in [2.45, 2.75) is 20.8 Å². The number of aromatic nitrogens is 1. The van der Waals surface area contributed by atoms with Crippen LogP contribution in [0.3, 0.4) is 0 Å². The molecule has 0 aliphatic heterocycles. The first-order valence-corrected chi connectivity index (χ1v) is 6.88. The number of hydrogen-bond donors (Lipinski definition) is 2. The number of hydrogen-bond acceptors (Lipinski definition) is 5. The summed E-state index contributed by atoms with van der Waals surface area (Å²) in [6.07, 6.45) is 0. The third kappa shape index (κ3) is 2.85. The fourth-order valence-electron chi connectivity index (χ4n) is 1.88. The maximum Gasteiger partial charge on any atom is 0.267 e. The number of carbonyl (C=O) groups is 1. The van der Waals surface area contributed by atoms with Gasteiger partial charge in [0.25, 0.3) is 5.91 Å². The largest absolute Gasteiger partial charge is 0.411 e. The SMILES string of the molecule is C/C(=N/O)c1ccccc1NC(=O)c1sc(C)nc1C. The van der Waals surface area contributed by atoms with Gasteiger partial charge in [-0.2, -0.15) is 0 Å². The Balaban J connectivity index is 2.31. The lowest BCUT2D eigenvalue weighted by Crippen LogP contribution is -2.14. The molecule has 0 saturated heterocycles. The molecule has 104 valence electrons. The van der Waals surface area contributed by atoms with Gasteiger partial charge in [0, 0.05) is 5.56 Å². The summed E-state index contributed by atoms with van der Waals surface area (Å²) in [7, 11) is 0. The second-order valence-corrected chi connectivity index (χ2v) is 5.54. The summed E-state index contributed by atoms with van der Waals surface area (Å²) in [5.41, 5.74) is 2.45. The van der Waals surface area contributed by atoms with Crippen LogP contribution in [0, 0.1) is 13.8 Å². The molecule has 0 spiro atoms. The number of para-hydroxylation sites is 1. The van der Waals surface area contributed by atoms with Crippen molar-refractivity contribution in [3.8, 4) is 0 Å². The average molecular weight is 289 g/mol. The zero-order valence-corrected chi connectivity index (χ0v) is 12.3. The van der Waals surface area contributed by atoms with Crippen LogP contribution in [0.5, 0.6) is 0 Å². The first kappa shape index (κ1) is 14.2. The van der Waals surface area contributed by atoms with Gasteiger partial charge in [-0.1, -0.05) is 23.4 Å². The minimum atomic E-state index is -0.203. The van der Waals surface area contributed by atoms with Crippen LogP contribution in [0.25, 0.3) is 0 Å². The third-order valence-corrected chi connectivity index (χ3v) is 3.90. The Bertz CT molecular complexity index is 677. The molecule has 1 aromatic carbocycles. The summed E-state index contributed by atoms with van der Waals surface area (Å²) in [5.74, 6) is -0.203. The highest BCUT2D eigenvalue weighted by Crippen LogP contribution is 2.21. The first-order chi connectivity index (χ1) is 9.52. The maximum atomic E-state index is 12.3. The first-order valence-electron chi connectivity index (χ1n) is 6.06. The average Bonchev–Trinajstić information content (AvgIpc) is 2.77. The predicted octanol–water partition coefficient (Wildman–Crippen LogP) is 3.21. The fourth-order valence-corrected chi connectivity index (χ4v) is 2.70. The molecular formula is C14H15N3O2S. The zero-order valence-electron chi connectivity index (χ0n) is 11.5. The molecule has 0 saturated carbocycles. The molecule has 2 N–H and O–H groups in total. The molecule has 6 heteroatoms. The van der Waals surface area contributed by atoms with Crippen LogP contribution in [0.4, 0.5) is 5.69 Å².